The molecular formula is C20H12F2N4. The molecule has 126 valence electrons. The van der Waals surface area contributed by atoms with E-state index in [2.05, 4.69) is 16.0 Å². The van der Waals surface area contributed by atoms with Crippen LogP contribution in [0.4, 0.5) is 8.78 Å². The molecule has 0 aliphatic carbocycles. The van der Waals surface area contributed by atoms with Crippen molar-refractivity contribution in [2.75, 3.05) is 0 Å². The Kier molecular flexibility index (Phi) is 3.90. The number of rotatable bonds is 3. The lowest BCUT2D eigenvalue weighted by molar-refractivity contribution is 0.476. The number of alkyl halides is 1. The van der Waals surface area contributed by atoms with Crippen LogP contribution in [-0.2, 0) is 6.67 Å². The molecule has 6 heteroatoms. The van der Waals surface area contributed by atoms with E-state index in [1.807, 2.05) is 0 Å². The molecule has 0 atom stereocenters. The van der Waals surface area contributed by atoms with Gasteiger partial charge in [0.1, 0.15) is 12.5 Å². The molecule has 2 heterocycles. The molecule has 4 aromatic rings. The summed E-state index contributed by atoms with van der Waals surface area (Å²) in [6.45, 7) is -0.662. The first-order chi connectivity index (χ1) is 12.7. The zero-order valence-corrected chi connectivity index (χ0v) is 13.5. The predicted octanol–water partition coefficient (Wildman–Crippen LogP) is 4.54. The molecule has 2 aromatic carbocycles. The van der Waals surface area contributed by atoms with Gasteiger partial charge >= 0.3 is 0 Å². The molecule has 0 saturated carbocycles. The number of hydrogen-bond acceptors (Lipinski definition) is 3. The van der Waals surface area contributed by atoms with E-state index in [9.17, 15) is 14.0 Å². The maximum atomic E-state index is 14.4. The lowest BCUT2D eigenvalue weighted by Gasteiger charge is -2.09. The lowest BCUT2D eigenvalue weighted by Crippen LogP contribution is -1.95. The van der Waals surface area contributed by atoms with Crippen molar-refractivity contribution >= 4 is 5.78 Å². The molecule has 0 unspecified atom stereocenters. The van der Waals surface area contributed by atoms with Gasteiger partial charge in [-0.05, 0) is 30.3 Å². The summed E-state index contributed by atoms with van der Waals surface area (Å²) < 4.78 is 28.9. The van der Waals surface area contributed by atoms with Crippen molar-refractivity contribution in [1.82, 2.24) is 14.4 Å². The summed E-state index contributed by atoms with van der Waals surface area (Å²) >= 11 is 0. The zero-order valence-electron chi connectivity index (χ0n) is 13.5. The minimum atomic E-state index is -0.662. The molecule has 0 radical (unpaired) electrons. The van der Waals surface area contributed by atoms with Crippen molar-refractivity contribution in [3.05, 3.63) is 78.0 Å². The number of benzene rings is 2. The molecule has 0 aliphatic heterocycles. The maximum absolute atomic E-state index is 14.4. The second kappa shape index (κ2) is 6.37. The minimum Gasteiger partial charge on any atom is -0.284 e. The monoisotopic (exact) mass is 346 g/mol. The van der Waals surface area contributed by atoms with E-state index >= 15 is 0 Å². The normalized spacial score (nSPS) is 10.8. The summed E-state index contributed by atoms with van der Waals surface area (Å²) in [5, 5.41) is 9.29. The highest BCUT2D eigenvalue weighted by Crippen LogP contribution is 2.31. The first-order valence-electron chi connectivity index (χ1n) is 7.89. The fraction of sp³-hybridized carbons (Fsp3) is 0.0500. The van der Waals surface area contributed by atoms with Crippen LogP contribution < -0.4 is 0 Å². The first-order valence-corrected chi connectivity index (χ1v) is 7.89. The molecule has 26 heavy (non-hydrogen) atoms. The maximum Gasteiger partial charge on any atom is 0.234 e. The van der Waals surface area contributed by atoms with Crippen molar-refractivity contribution in [3.8, 4) is 28.5 Å². The third-order valence-corrected chi connectivity index (χ3v) is 4.17. The number of hydrogen-bond donors (Lipinski definition) is 0. The van der Waals surface area contributed by atoms with Gasteiger partial charge < -0.3 is 0 Å². The number of nitrogens with zero attached hydrogens (tertiary/aromatic N) is 4. The number of imidazole rings is 1. The summed E-state index contributed by atoms with van der Waals surface area (Å²) in [6.07, 6.45) is 3.30. The lowest BCUT2D eigenvalue weighted by atomic mass is 9.97. The molecule has 0 N–H and O–H groups in total. The largest absolute Gasteiger partial charge is 0.284 e. The van der Waals surface area contributed by atoms with Gasteiger partial charge in [-0.3, -0.25) is 4.40 Å². The highest BCUT2D eigenvalue weighted by atomic mass is 19.1. The van der Waals surface area contributed by atoms with Gasteiger partial charge in [-0.15, -0.1) is 0 Å². The number of fused-ring (bicyclic) bond motifs is 1. The molecule has 4 nitrogen and oxygen atoms in total. The highest BCUT2D eigenvalue weighted by molar-refractivity contribution is 5.76. The second-order valence-corrected chi connectivity index (χ2v) is 5.72. The summed E-state index contributed by atoms with van der Waals surface area (Å²) in [6, 6.07) is 15.2. The van der Waals surface area contributed by atoms with Crippen molar-refractivity contribution in [2.24, 2.45) is 0 Å². The van der Waals surface area contributed by atoms with E-state index in [4.69, 9.17) is 0 Å². The first kappa shape index (κ1) is 15.9. The molecular weight excluding hydrogens is 334 g/mol. The number of aromatic nitrogens is 3. The summed E-state index contributed by atoms with van der Waals surface area (Å²) in [5.74, 6) is -0.0402. The summed E-state index contributed by atoms with van der Waals surface area (Å²) in [7, 11) is 0. The van der Waals surface area contributed by atoms with E-state index in [0.717, 1.165) is 5.56 Å². The standard InChI is InChI=1S/C20H12F2N4/c21-10-15-7-8-26-19(12-24-20(26)25-15)13-5-6-18(22)17(9-13)16-4-2-1-3-14(16)11-23/h1-9,12H,10H2. The SMILES string of the molecule is N#Cc1ccccc1-c1cc(-c2cnc3nc(CF)ccn23)ccc1F. The van der Waals surface area contributed by atoms with Crippen LogP contribution in [0.25, 0.3) is 28.2 Å². The Morgan fingerprint density at radius 2 is 1.92 bits per heavy atom. The Morgan fingerprint density at radius 1 is 1.08 bits per heavy atom. The summed E-state index contributed by atoms with van der Waals surface area (Å²) in [4.78, 5) is 8.33. The molecule has 4 rings (SSSR count). The van der Waals surface area contributed by atoms with E-state index in [-0.39, 0.29) is 0 Å². The topological polar surface area (TPSA) is 54.0 Å². The highest BCUT2D eigenvalue weighted by Gasteiger charge is 2.14. The van der Waals surface area contributed by atoms with Gasteiger partial charge in [0, 0.05) is 22.9 Å². The Balaban J connectivity index is 1.88. The van der Waals surface area contributed by atoms with E-state index in [0.29, 0.717) is 33.9 Å². The predicted molar refractivity (Wildman–Crippen MR) is 93.3 cm³/mol. The smallest absolute Gasteiger partial charge is 0.234 e. The molecule has 0 bridgehead atoms. The third-order valence-electron chi connectivity index (χ3n) is 4.17. The van der Waals surface area contributed by atoms with Crippen LogP contribution in [0.2, 0.25) is 0 Å². The van der Waals surface area contributed by atoms with Crippen LogP contribution in [0, 0.1) is 17.1 Å². The van der Waals surface area contributed by atoms with Gasteiger partial charge in [-0.2, -0.15) is 5.26 Å². The van der Waals surface area contributed by atoms with E-state index < -0.39 is 12.5 Å². The fourth-order valence-corrected chi connectivity index (χ4v) is 2.90. The van der Waals surface area contributed by atoms with Crippen LogP contribution in [-0.4, -0.2) is 14.4 Å². The molecule has 0 amide bonds. The molecule has 0 aliphatic rings. The third kappa shape index (κ3) is 2.60. The minimum absolute atomic E-state index is 0.303. The molecule has 0 fully saturated rings. The van der Waals surface area contributed by atoms with Gasteiger partial charge in [-0.25, -0.2) is 18.7 Å². The van der Waals surface area contributed by atoms with E-state index in [1.54, 1.807) is 59.3 Å². The van der Waals surface area contributed by atoms with Crippen molar-refractivity contribution in [3.63, 3.8) is 0 Å². The Bertz CT molecular complexity index is 1160. The van der Waals surface area contributed by atoms with Crippen LogP contribution in [0.3, 0.4) is 0 Å². The van der Waals surface area contributed by atoms with Gasteiger partial charge in [0.25, 0.3) is 0 Å². The average molecular weight is 346 g/mol. The van der Waals surface area contributed by atoms with Gasteiger partial charge in [-0.1, -0.05) is 18.2 Å². The van der Waals surface area contributed by atoms with Crippen LogP contribution in [0.1, 0.15) is 11.3 Å². The van der Waals surface area contributed by atoms with Crippen molar-refractivity contribution in [1.29, 1.82) is 5.26 Å². The Morgan fingerprint density at radius 3 is 2.73 bits per heavy atom. The molecule has 0 spiro atoms. The number of halogens is 2. The summed E-state index contributed by atoms with van der Waals surface area (Å²) in [5.41, 5.74) is 2.99. The van der Waals surface area contributed by atoms with E-state index in [1.165, 1.54) is 6.07 Å². The molecule has 0 saturated heterocycles. The van der Waals surface area contributed by atoms with Gasteiger partial charge in [0.05, 0.1) is 29.2 Å². The van der Waals surface area contributed by atoms with Crippen LogP contribution in [0.15, 0.2) is 60.9 Å². The van der Waals surface area contributed by atoms with Crippen LogP contribution in [0.5, 0.6) is 0 Å². The quantitative estimate of drug-likeness (QED) is 0.547. The van der Waals surface area contributed by atoms with Crippen molar-refractivity contribution in [2.45, 2.75) is 6.67 Å². The van der Waals surface area contributed by atoms with Crippen molar-refractivity contribution < 1.29 is 8.78 Å². The second-order valence-electron chi connectivity index (χ2n) is 5.72. The van der Waals surface area contributed by atoms with Gasteiger partial charge in [0.2, 0.25) is 5.78 Å². The number of nitriles is 1. The molecule has 2 aromatic heterocycles. The Labute approximate surface area is 148 Å². The van der Waals surface area contributed by atoms with Gasteiger partial charge in [0.15, 0.2) is 0 Å². The van der Waals surface area contributed by atoms with Crippen LogP contribution >= 0.6 is 0 Å². The average Bonchev–Trinajstić information content (AvgIpc) is 3.11. The Hall–Kier alpha value is -3.59. The zero-order chi connectivity index (χ0) is 18.1. The fourth-order valence-electron chi connectivity index (χ4n) is 2.90.